The number of aromatic nitrogens is 2. The zero-order chi connectivity index (χ0) is 18.5. The molecule has 2 aromatic carbocycles. The molecule has 0 saturated heterocycles. The van der Waals surface area contributed by atoms with Gasteiger partial charge in [-0.15, -0.1) is 10.2 Å². The smallest absolute Gasteiger partial charge is 0.234 e. The van der Waals surface area contributed by atoms with Gasteiger partial charge >= 0.3 is 0 Å². The van der Waals surface area contributed by atoms with E-state index in [2.05, 4.69) is 20.8 Å². The number of nitrogens with one attached hydrogen (secondary N) is 2. The summed E-state index contributed by atoms with van der Waals surface area (Å²) in [5.41, 5.74) is 5.26. The number of amides is 1. The van der Waals surface area contributed by atoms with Gasteiger partial charge in [-0.2, -0.15) is 0 Å². The van der Waals surface area contributed by atoms with Crippen LogP contribution in [0.3, 0.4) is 0 Å². The van der Waals surface area contributed by atoms with Gasteiger partial charge in [0.2, 0.25) is 11.0 Å². The fourth-order valence-electron chi connectivity index (χ4n) is 2.35. The molecule has 3 aromatic rings. The maximum atomic E-state index is 12.2. The summed E-state index contributed by atoms with van der Waals surface area (Å²) in [5, 5.41) is 15.2. The average molecular weight is 385 g/mol. The summed E-state index contributed by atoms with van der Waals surface area (Å²) < 4.78 is 0.761. The second-order valence-corrected chi connectivity index (χ2v) is 8.10. The van der Waals surface area contributed by atoms with Crippen molar-refractivity contribution in [1.82, 2.24) is 10.2 Å². The first-order valence-corrected chi connectivity index (χ1v) is 9.98. The van der Waals surface area contributed by atoms with E-state index in [1.54, 1.807) is 0 Å². The Labute approximate surface area is 161 Å². The highest BCUT2D eigenvalue weighted by molar-refractivity contribution is 8.01. The number of aryl methyl sites for hydroxylation is 2. The number of carbonyl (C=O) groups is 1. The molecule has 0 unspecified atom stereocenters. The third-order valence-electron chi connectivity index (χ3n) is 4.00. The number of carbonyl (C=O) groups excluding carboxylic acids is 1. The van der Waals surface area contributed by atoms with Gasteiger partial charge in [-0.1, -0.05) is 53.4 Å². The Bertz CT molecular complexity index is 923. The zero-order valence-corrected chi connectivity index (χ0v) is 16.5. The molecule has 0 atom stereocenters. The van der Waals surface area contributed by atoms with Crippen LogP contribution in [0.2, 0.25) is 0 Å². The van der Waals surface area contributed by atoms with Gasteiger partial charge in [-0.3, -0.25) is 4.79 Å². The molecule has 2 N–H and O–H groups in total. The van der Waals surface area contributed by atoms with E-state index in [0.29, 0.717) is 5.75 Å². The molecule has 7 heteroatoms. The van der Waals surface area contributed by atoms with Crippen molar-refractivity contribution in [2.45, 2.75) is 25.1 Å². The Morgan fingerprint density at radius 2 is 1.73 bits per heavy atom. The predicted octanol–water partition coefficient (Wildman–Crippen LogP) is 4.94. The lowest BCUT2D eigenvalue weighted by molar-refractivity contribution is -0.113. The van der Waals surface area contributed by atoms with E-state index < -0.39 is 0 Å². The van der Waals surface area contributed by atoms with Crippen LogP contribution >= 0.6 is 23.1 Å². The summed E-state index contributed by atoms with van der Waals surface area (Å²) in [6, 6.07) is 13.9. The van der Waals surface area contributed by atoms with Crippen LogP contribution in [-0.4, -0.2) is 21.9 Å². The minimum absolute atomic E-state index is 0.0488. The minimum Gasteiger partial charge on any atom is -0.330 e. The molecule has 26 heavy (non-hydrogen) atoms. The number of thioether (sulfide) groups is 1. The van der Waals surface area contributed by atoms with Crippen LogP contribution in [0, 0.1) is 20.8 Å². The Kier molecular flexibility index (Phi) is 5.90. The molecule has 0 radical (unpaired) electrons. The van der Waals surface area contributed by atoms with Crippen molar-refractivity contribution in [3.05, 3.63) is 59.2 Å². The maximum absolute atomic E-state index is 12.2. The van der Waals surface area contributed by atoms with Gasteiger partial charge in [-0.25, -0.2) is 0 Å². The Morgan fingerprint density at radius 3 is 2.54 bits per heavy atom. The van der Waals surface area contributed by atoms with E-state index in [1.165, 1.54) is 23.1 Å². The molecule has 1 heterocycles. The van der Waals surface area contributed by atoms with E-state index in [9.17, 15) is 4.79 Å². The van der Waals surface area contributed by atoms with E-state index in [0.717, 1.165) is 37.5 Å². The van der Waals surface area contributed by atoms with Crippen LogP contribution in [0.4, 0.5) is 16.5 Å². The quantitative estimate of drug-likeness (QED) is 0.589. The lowest BCUT2D eigenvalue weighted by atomic mass is 10.1. The van der Waals surface area contributed by atoms with Crippen LogP contribution < -0.4 is 10.6 Å². The van der Waals surface area contributed by atoms with Crippen molar-refractivity contribution in [2.75, 3.05) is 16.4 Å². The Balaban J connectivity index is 1.55. The molecule has 0 aliphatic heterocycles. The van der Waals surface area contributed by atoms with E-state index in [1.807, 2.05) is 63.2 Å². The molecule has 0 aliphatic carbocycles. The summed E-state index contributed by atoms with van der Waals surface area (Å²) in [6.07, 6.45) is 0. The van der Waals surface area contributed by atoms with Crippen LogP contribution in [0.5, 0.6) is 0 Å². The van der Waals surface area contributed by atoms with Gasteiger partial charge in [-0.05, 0) is 49.6 Å². The lowest BCUT2D eigenvalue weighted by Crippen LogP contribution is -2.15. The molecule has 1 aromatic heterocycles. The lowest BCUT2D eigenvalue weighted by Gasteiger charge is -2.09. The third kappa shape index (κ3) is 4.62. The molecular formula is C19H20N4OS2. The fraction of sp³-hybridized carbons (Fsp3) is 0.211. The molecule has 3 rings (SSSR count). The second kappa shape index (κ2) is 8.33. The van der Waals surface area contributed by atoms with Crippen molar-refractivity contribution in [1.29, 1.82) is 0 Å². The van der Waals surface area contributed by atoms with Crippen molar-refractivity contribution in [3.8, 4) is 0 Å². The fourth-order valence-corrected chi connectivity index (χ4v) is 3.91. The number of para-hydroxylation sites is 1. The minimum atomic E-state index is -0.0488. The standard InChI is InChI=1S/C19H20N4OS2/c1-12-8-6-10-16(14(12)3)20-17(24)11-25-19-23-22-18(26-19)21-15-9-5-4-7-13(15)2/h4-10H,11H2,1-3H3,(H,20,24)(H,21,22). The Morgan fingerprint density at radius 1 is 1.00 bits per heavy atom. The highest BCUT2D eigenvalue weighted by Gasteiger charge is 2.10. The van der Waals surface area contributed by atoms with E-state index >= 15 is 0 Å². The monoisotopic (exact) mass is 384 g/mol. The van der Waals surface area contributed by atoms with Gasteiger partial charge in [0, 0.05) is 11.4 Å². The van der Waals surface area contributed by atoms with Gasteiger partial charge in [0.05, 0.1) is 5.75 Å². The SMILES string of the molecule is Cc1ccccc1Nc1nnc(SCC(=O)Nc2cccc(C)c2C)s1. The van der Waals surface area contributed by atoms with Crippen LogP contribution in [0.1, 0.15) is 16.7 Å². The van der Waals surface area contributed by atoms with Crippen LogP contribution in [0.15, 0.2) is 46.8 Å². The number of hydrogen-bond donors (Lipinski definition) is 2. The summed E-state index contributed by atoms with van der Waals surface area (Å²) >= 11 is 2.83. The number of rotatable bonds is 6. The first kappa shape index (κ1) is 18.4. The van der Waals surface area contributed by atoms with E-state index in [4.69, 9.17) is 0 Å². The van der Waals surface area contributed by atoms with Gasteiger partial charge in [0.1, 0.15) is 0 Å². The van der Waals surface area contributed by atoms with Crippen LogP contribution in [0.25, 0.3) is 0 Å². The molecule has 0 spiro atoms. The predicted molar refractivity (Wildman–Crippen MR) is 110 cm³/mol. The molecule has 134 valence electrons. The molecule has 0 saturated carbocycles. The molecule has 0 bridgehead atoms. The summed E-state index contributed by atoms with van der Waals surface area (Å²) in [4.78, 5) is 12.2. The molecule has 0 fully saturated rings. The molecule has 1 amide bonds. The topological polar surface area (TPSA) is 66.9 Å². The molecular weight excluding hydrogens is 364 g/mol. The van der Waals surface area contributed by atoms with Crippen molar-refractivity contribution in [2.24, 2.45) is 0 Å². The van der Waals surface area contributed by atoms with E-state index in [-0.39, 0.29) is 5.91 Å². The van der Waals surface area contributed by atoms with Crippen LogP contribution in [-0.2, 0) is 4.79 Å². The van der Waals surface area contributed by atoms with Crippen molar-refractivity contribution >= 4 is 45.5 Å². The van der Waals surface area contributed by atoms with Crippen molar-refractivity contribution < 1.29 is 4.79 Å². The largest absolute Gasteiger partial charge is 0.330 e. The maximum Gasteiger partial charge on any atom is 0.234 e. The van der Waals surface area contributed by atoms with Gasteiger partial charge < -0.3 is 10.6 Å². The van der Waals surface area contributed by atoms with Gasteiger partial charge in [0.15, 0.2) is 4.34 Å². The second-order valence-electron chi connectivity index (χ2n) is 5.90. The highest BCUT2D eigenvalue weighted by Crippen LogP contribution is 2.29. The number of benzene rings is 2. The Hall–Kier alpha value is -2.38. The summed E-state index contributed by atoms with van der Waals surface area (Å²) in [5.74, 6) is 0.249. The summed E-state index contributed by atoms with van der Waals surface area (Å²) in [7, 11) is 0. The first-order valence-electron chi connectivity index (χ1n) is 8.18. The first-order chi connectivity index (χ1) is 12.5. The molecule has 5 nitrogen and oxygen atoms in total. The average Bonchev–Trinajstić information content (AvgIpc) is 3.07. The highest BCUT2D eigenvalue weighted by atomic mass is 32.2. The normalized spacial score (nSPS) is 10.6. The number of hydrogen-bond acceptors (Lipinski definition) is 6. The third-order valence-corrected chi connectivity index (χ3v) is 5.97. The molecule has 0 aliphatic rings. The number of anilines is 3. The van der Waals surface area contributed by atoms with Crippen molar-refractivity contribution in [3.63, 3.8) is 0 Å². The number of nitrogens with zero attached hydrogens (tertiary/aromatic N) is 2. The summed E-state index contributed by atoms with van der Waals surface area (Å²) in [6.45, 7) is 6.08. The van der Waals surface area contributed by atoms with Gasteiger partial charge in [0.25, 0.3) is 0 Å². The zero-order valence-electron chi connectivity index (χ0n) is 14.9.